The molecular weight excluding hydrogens is 184 g/mol. The number of rotatable bonds is 1. The Labute approximate surface area is 90.4 Å². The van der Waals surface area contributed by atoms with Crippen molar-refractivity contribution >= 4 is 0 Å². The van der Waals surface area contributed by atoms with Gasteiger partial charge in [-0.15, -0.1) is 0 Å². The SMILES string of the molecule is CC(C)(C)c1ccc(-c2ncc[nH]2)cc1. The third-order valence-corrected chi connectivity index (χ3v) is 2.52. The quantitative estimate of drug-likeness (QED) is 0.751. The number of H-pyrrole nitrogens is 1. The first-order chi connectivity index (χ1) is 7.07. The van der Waals surface area contributed by atoms with Gasteiger partial charge < -0.3 is 4.98 Å². The van der Waals surface area contributed by atoms with Crippen molar-refractivity contribution in [2.45, 2.75) is 26.2 Å². The molecule has 1 heterocycles. The van der Waals surface area contributed by atoms with Crippen LogP contribution in [0.3, 0.4) is 0 Å². The second-order valence-corrected chi connectivity index (χ2v) is 4.77. The molecule has 2 heteroatoms. The summed E-state index contributed by atoms with van der Waals surface area (Å²) in [7, 11) is 0. The van der Waals surface area contributed by atoms with Crippen LogP contribution in [0, 0.1) is 0 Å². The fourth-order valence-electron chi connectivity index (χ4n) is 1.55. The van der Waals surface area contributed by atoms with E-state index in [4.69, 9.17) is 0 Å². The van der Waals surface area contributed by atoms with Crippen molar-refractivity contribution in [3.8, 4) is 11.4 Å². The lowest BCUT2D eigenvalue weighted by Crippen LogP contribution is -2.10. The summed E-state index contributed by atoms with van der Waals surface area (Å²) in [4.78, 5) is 7.32. The average molecular weight is 200 g/mol. The van der Waals surface area contributed by atoms with Gasteiger partial charge in [-0.1, -0.05) is 45.0 Å². The Hall–Kier alpha value is -1.57. The molecule has 2 nitrogen and oxygen atoms in total. The Balaban J connectivity index is 2.33. The summed E-state index contributed by atoms with van der Waals surface area (Å²) in [6.07, 6.45) is 3.61. The van der Waals surface area contributed by atoms with Crippen molar-refractivity contribution in [2.75, 3.05) is 0 Å². The van der Waals surface area contributed by atoms with Crippen LogP contribution in [0.25, 0.3) is 11.4 Å². The van der Waals surface area contributed by atoms with Gasteiger partial charge in [0.25, 0.3) is 0 Å². The molecule has 1 aromatic carbocycles. The Bertz CT molecular complexity index is 419. The van der Waals surface area contributed by atoms with E-state index in [0.29, 0.717) is 0 Å². The maximum absolute atomic E-state index is 4.22. The minimum absolute atomic E-state index is 0.210. The van der Waals surface area contributed by atoms with E-state index in [9.17, 15) is 0 Å². The molecule has 0 aliphatic heterocycles. The second kappa shape index (κ2) is 3.54. The van der Waals surface area contributed by atoms with E-state index in [0.717, 1.165) is 11.4 Å². The molecule has 0 radical (unpaired) electrons. The van der Waals surface area contributed by atoms with Gasteiger partial charge in [0, 0.05) is 18.0 Å². The zero-order valence-electron chi connectivity index (χ0n) is 9.41. The number of aromatic nitrogens is 2. The predicted octanol–water partition coefficient (Wildman–Crippen LogP) is 3.37. The highest BCUT2D eigenvalue weighted by atomic mass is 14.9. The van der Waals surface area contributed by atoms with Gasteiger partial charge in [-0.25, -0.2) is 4.98 Å². The molecule has 0 unspecified atom stereocenters. The van der Waals surface area contributed by atoms with Gasteiger partial charge in [0.15, 0.2) is 0 Å². The van der Waals surface area contributed by atoms with E-state index in [2.05, 4.69) is 55.0 Å². The maximum Gasteiger partial charge on any atom is 0.137 e. The predicted molar refractivity (Wildman–Crippen MR) is 62.7 cm³/mol. The molecule has 0 bridgehead atoms. The number of nitrogens with one attached hydrogen (secondary N) is 1. The molecule has 78 valence electrons. The minimum Gasteiger partial charge on any atom is -0.345 e. The van der Waals surface area contributed by atoms with Crippen molar-refractivity contribution < 1.29 is 0 Å². The molecule has 2 rings (SSSR count). The van der Waals surface area contributed by atoms with Crippen molar-refractivity contribution in [1.82, 2.24) is 9.97 Å². The van der Waals surface area contributed by atoms with Crippen molar-refractivity contribution in [2.24, 2.45) is 0 Å². The van der Waals surface area contributed by atoms with Crippen molar-refractivity contribution in [3.05, 3.63) is 42.2 Å². The van der Waals surface area contributed by atoms with E-state index in [1.54, 1.807) is 6.20 Å². The van der Waals surface area contributed by atoms with Crippen LogP contribution in [0.1, 0.15) is 26.3 Å². The van der Waals surface area contributed by atoms with Crippen LogP contribution in [-0.4, -0.2) is 9.97 Å². The monoisotopic (exact) mass is 200 g/mol. The number of hydrogen-bond donors (Lipinski definition) is 1. The second-order valence-electron chi connectivity index (χ2n) is 4.77. The molecule has 0 saturated carbocycles. The molecule has 0 spiro atoms. The molecule has 0 atom stereocenters. The zero-order valence-corrected chi connectivity index (χ0v) is 9.41. The van der Waals surface area contributed by atoms with Crippen LogP contribution >= 0.6 is 0 Å². The highest BCUT2D eigenvalue weighted by molar-refractivity contribution is 5.55. The van der Waals surface area contributed by atoms with Gasteiger partial charge in [0.2, 0.25) is 0 Å². The van der Waals surface area contributed by atoms with Gasteiger partial charge in [-0.3, -0.25) is 0 Å². The molecule has 1 N–H and O–H groups in total. The zero-order chi connectivity index (χ0) is 10.9. The maximum atomic E-state index is 4.22. The van der Waals surface area contributed by atoms with E-state index in [1.165, 1.54) is 5.56 Å². The molecule has 2 aromatic rings. The fourth-order valence-corrected chi connectivity index (χ4v) is 1.55. The van der Waals surface area contributed by atoms with Gasteiger partial charge >= 0.3 is 0 Å². The Morgan fingerprint density at radius 3 is 2.20 bits per heavy atom. The number of imidazole rings is 1. The Morgan fingerprint density at radius 2 is 1.73 bits per heavy atom. The third-order valence-electron chi connectivity index (χ3n) is 2.52. The largest absolute Gasteiger partial charge is 0.345 e. The summed E-state index contributed by atoms with van der Waals surface area (Å²) in [6, 6.07) is 8.55. The van der Waals surface area contributed by atoms with Gasteiger partial charge in [0.05, 0.1) is 0 Å². The first kappa shape index (κ1) is 9.97. The molecule has 0 saturated heterocycles. The number of aromatic amines is 1. The van der Waals surface area contributed by atoms with Crippen LogP contribution < -0.4 is 0 Å². The standard InChI is InChI=1S/C13H16N2/c1-13(2,3)11-6-4-10(5-7-11)12-14-8-9-15-12/h4-9H,1-3H3,(H,14,15). The van der Waals surface area contributed by atoms with Crippen molar-refractivity contribution in [3.63, 3.8) is 0 Å². The Kier molecular flexibility index (Phi) is 2.35. The number of hydrogen-bond acceptors (Lipinski definition) is 1. The molecule has 0 fully saturated rings. The highest BCUT2D eigenvalue weighted by Gasteiger charge is 2.13. The van der Waals surface area contributed by atoms with Crippen molar-refractivity contribution in [1.29, 1.82) is 0 Å². The summed E-state index contributed by atoms with van der Waals surface area (Å²) < 4.78 is 0. The lowest BCUT2D eigenvalue weighted by Gasteiger charge is -2.18. The lowest BCUT2D eigenvalue weighted by atomic mass is 9.87. The van der Waals surface area contributed by atoms with E-state index < -0.39 is 0 Å². The summed E-state index contributed by atoms with van der Waals surface area (Å²) in [6.45, 7) is 6.65. The van der Waals surface area contributed by atoms with Gasteiger partial charge in [0.1, 0.15) is 5.82 Å². The van der Waals surface area contributed by atoms with Crippen LogP contribution in [0.5, 0.6) is 0 Å². The molecule has 0 amide bonds. The molecule has 1 aromatic heterocycles. The fraction of sp³-hybridized carbons (Fsp3) is 0.308. The van der Waals surface area contributed by atoms with Gasteiger partial charge in [-0.05, 0) is 11.0 Å². The van der Waals surface area contributed by atoms with E-state index >= 15 is 0 Å². The van der Waals surface area contributed by atoms with E-state index in [-0.39, 0.29) is 5.41 Å². The number of nitrogens with zero attached hydrogens (tertiary/aromatic N) is 1. The summed E-state index contributed by atoms with van der Waals surface area (Å²) in [5.74, 6) is 0.926. The topological polar surface area (TPSA) is 28.7 Å². The van der Waals surface area contributed by atoms with E-state index in [1.807, 2.05) is 6.20 Å². The van der Waals surface area contributed by atoms with Crippen LogP contribution in [0.4, 0.5) is 0 Å². The highest BCUT2D eigenvalue weighted by Crippen LogP contribution is 2.24. The summed E-state index contributed by atoms with van der Waals surface area (Å²) in [5.41, 5.74) is 2.69. The molecule has 15 heavy (non-hydrogen) atoms. The first-order valence-corrected chi connectivity index (χ1v) is 5.18. The Morgan fingerprint density at radius 1 is 1.07 bits per heavy atom. The van der Waals surface area contributed by atoms with Crippen LogP contribution in [0.15, 0.2) is 36.7 Å². The average Bonchev–Trinajstić information content (AvgIpc) is 2.69. The third kappa shape index (κ3) is 2.09. The normalized spacial score (nSPS) is 11.7. The summed E-state index contributed by atoms with van der Waals surface area (Å²) in [5, 5.41) is 0. The van der Waals surface area contributed by atoms with Crippen LogP contribution in [0.2, 0.25) is 0 Å². The summed E-state index contributed by atoms with van der Waals surface area (Å²) >= 11 is 0. The molecule has 0 aliphatic carbocycles. The smallest absolute Gasteiger partial charge is 0.137 e. The first-order valence-electron chi connectivity index (χ1n) is 5.18. The van der Waals surface area contributed by atoms with Gasteiger partial charge in [-0.2, -0.15) is 0 Å². The molecular formula is C13H16N2. The number of benzene rings is 1. The lowest BCUT2D eigenvalue weighted by molar-refractivity contribution is 0.590. The molecule has 0 aliphatic rings. The van der Waals surface area contributed by atoms with Crippen LogP contribution in [-0.2, 0) is 5.41 Å². The minimum atomic E-state index is 0.210.